The van der Waals surface area contributed by atoms with Gasteiger partial charge in [0, 0.05) is 10.9 Å². The number of halogens is 1. The molecule has 0 aliphatic carbocycles. The lowest BCUT2D eigenvalue weighted by Gasteiger charge is -2.10. The van der Waals surface area contributed by atoms with Crippen LogP contribution < -0.4 is 4.74 Å². The summed E-state index contributed by atoms with van der Waals surface area (Å²) in [6.07, 6.45) is 1.69. The second-order valence-electron chi connectivity index (χ2n) is 4.82. The molecule has 3 rings (SSSR count). The van der Waals surface area contributed by atoms with Gasteiger partial charge in [0.05, 0.1) is 31.5 Å². The molecule has 0 aliphatic heterocycles. The number of benzene rings is 2. The van der Waals surface area contributed by atoms with Crippen LogP contribution in [0.25, 0.3) is 10.9 Å². The lowest BCUT2D eigenvalue weighted by molar-refractivity contribution is 0.271. The molecule has 1 heterocycles. The van der Waals surface area contributed by atoms with E-state index in [0.717, 1.165) is 10.9 Å². The number of ether oxygens (including phenoxy) is 1. The Balaban J connectivity index is 1.91. The van der Waals surface area contributed by atoms with E-state index in [1.807, 2.05) is 6.07 Å². The first kappa shape index (κ1) is 14.5. The Kier molecular flexibility index (Phi) is 4.04. The molecule has 0 spiro atoms. The van der Waals surface area contributed by atoms with E-state index in [-0.39, 0.29) is 13.2 Å². The standard InChI is InChI=1S/C16H15FN2O3/c17-13-1-4-16(12(7-13)10-21)22-14-2-3-15-11(8-14)9-18-19(15)5-6-20/h1-4,7-9,20-21H,5-6,10H2. The number of fused-ring (bicyclic) bond motifs is 1. The minimum atomic E-state index is -0.419. The summed E-state index contributed by atoms with van der Waals surface area (Å²) >= 11 is 0. The normalized spacial score (nSPS) is 11.0. The number of nitrogens with zero attached hydrogens (tertiary/aromatic N) is 2. The number of hydrogen-bond acceptors (Lipinski definition) is 4. The number of hydrogen-bond donors (Lipinski definition) is 2. The lowest BCUT2D eigenvalue weighted by Crippen LogP contribution is -2.03. The molecule has 6 heteroatoms. The van der Waals surface area contributed by atoms with E-state index < -0.39 is 5.82 Å². The maximum atomic E-state index is 13.2. The van der Waals surface area contributed by atoms with Crippen molar-refractivity contribution in [2.45, 2.75) is 13.2 Å². The molecule has 0 unspecified atom stereocenters. The fourth-order valence-corrected chi connectivity index (χ4v) is 2.30. The summed E-state index contributed by atoms with van der Waals surface area (Å²) < 4.78 is 20.6. The molecule has 0 saturated carbocycles. The third-order valence-corrected chi connectivity index (χ3v) is 3.35. The average molecular weight is 302 g/mol. The zero-order valence-corrected chi connectivity index (χ0v) is 11.7. The van der Waals surface area contributed by atoms with Crippen molar-refractivity contribution in [3.63, 3.8) is 0 Å². The summed E-state index contributed by atoms with van der Waals surface area (Å²) in [5.41, 5.74) is 1.28. The Hall–Kier alpha value is -2.44. The molecule has 0 aliphatic rings. The maximum absolute atomic E-state index is 13.2. The Morgan fingerprint density at radius 3 is 2.77 bits per heavy atom. The molecular formula is C16H15FN2O3. The van der Waals surface area contributed by atoms with Gasteiger partial charge in [0.1, 0.15) is 17.3 Å². The highest BCUT2D eigenvalue weighted by atomic mass is 19.1. The van der Waals surface area contributed by atoms with E-state index in [4.69, 9.17) is 9.84 Å². The lowest BCUT2D eigenvalue weighted by atomic mass is 10.2. The monoisotopic (exact) mass is 302 g/mol. The third kappa shape index (κ3) is 2.79. The topological polar surface area (TPSA) is 67.5 Å². The van der Waals surface area contributed by atoms with Crippen LogP contribution in [0.15, 0.2) is 42.6 Å². The summed E-state index contributed by atoms with van der Waals surface area (Å²) in [7, 11) is 0. The minimum Gasteiger partial charge on any atom is -0.457 e. The Labute approximate surface area is 126 Å². The van der Waals surface area contributed by atoms with Crippen LogP contribution in [0.4, 0.5) is 4.39 Å². The largest absolute Gasteiger partial charge is 0.457 e. The molecule has 2 aromatic carbocycles. The van der Waals surface area contributed by atoms with Crippen molar-refractivity contribution in [1.29, 1.82) is 0 Å². The zero-order chi connectivity index (χ0) is 15.5. The summed E-state index contributed by atoms with van der Waals surface area (Å²) in [5.74, 6) is 0.556. The fraction of sp³-hybridized carbons (Fsp3) is 0.188. The van der Waals surface area contributed by atoms with Crippen molar-refractivity contribution >= 4 is 10.9 Å². The predicted octanol–water partition coefficient (Wildman–Crippen LogP) is 2.45. The SMILES string of the molecule is OCCn1ncc2cc(Oc3ccc(F)cc3CO)ccc21. The van der Waals surface area contributed by atoms with E-state index >= 15 is 0 Å². The van der Waals surface area contributed by atoms with Crippen LogP contribution >= 0.6 is 0 Å². The first-order valence-corrected chi connectivity index (χ1v) is 6.85. The summed E-state index contributed by atoms with van der Waals surface area (Å²) in [6, 6.07) is 9.43. The van der Waals surface area contributed by atoms with Crippen molar-refractivity contribution in [2.75, 3.05) is 6.61 Å². The number of aliphatic hydroxyl groups is 2. The van der Waals surface area contributed by atoms with Crippen molar-refractivity contribution in [1.82, 2.24) is 9.78 Å². The number of aromatic nitrogens is 2. The Morgan fingerprint density at radius 1 is 1.14 bits per heavy atom. The smallest absolute Gasteiger partial charge is 0.133 e. The highest BCUT2D eigenvalue weighted by molar-refractivity contribution is 5.80. The molecule has 2 N–H and O–H groups in total. The maximum Gasteiger partial charge on any atom is 0.133 e. The van der Waals surface area contributed by atoms with Crippen molar-refractivity contribution in [3.05, 3.63) is 54.0 Å². The minimum absolute atomic E-state index is 0.0183. The van der Waals surface area contributed by atoms with Gasteiger partial charge in [-0.05, 0) is 36.4 Å². The number of rotatable bonds is 5. The van der Waals surface area contributed by atoms with Crippen LogP contribution in [0.5, 0.6) is 11.5 Å². The number of aliphatic hydroxyl groups excluding tert-OH is 2. The first-order valence-electron chi connectivity index (χ1n) is 6.85. The van der Waals surface area contributed by atoms with Gasteiger partial charge in [-0.15, -0.1) is 0 Å². The van der Waals surface area contributed by atoms with E-state index in [9.17, 15) is 9.50 Å². The highest BCUT2D eigenvalue weighted by Crippen LogP contribution is 2.28. The van der Waals surface area contributed by atoms with Gasteiger partial charge < -0.3 is 14.9 Å². The molecule has 22 heavy (non-hydrogen) atoms. The Morgan fingerprint density at radius 2 is 2.00 bits per heavy atom. The van der Waals surface area contributed by atoms with Gasteiger partial charge >= 0.3 is 0 Å². The molecular weight excluding hydrogens is 287 g/mol. The average Bonchev–Trinajstić information content (AvgIpc) is 2.92. The molecule has 0 radical (unpaired) electrons. The van der Waals surface area contributed by atoms with Crippen LogP contribution in [-0.4, -0.2) is 26.6 Å². The predicted molar refractivity (Wildman–Crippen MR) is 79.2 cm³/mol. The van der Waals surface area contributed by atoms with Gasteiger partial charge in [-0.1, -0.05) is 0 Å². The van der Waals surface area contributed by atoms with Crippen molar-refractivity contribution in [3.8, 4) is 11.5 Å². The van der Waals surface area contributed by atoms with Crippen LogP contribution in [-0.2, 0) is 13.2 Å². The van der Waals surface area contributed by atoms with E-state index in [0.29, 0.717) is 23.6 Å². The molecule has 1 aromatic heterocycles. The fourth-order valence-electron chi connectivity index (χ4n) is 2.30. The van der Waals surface area contributed by atoms with Gasteiger partial charge in [0.15, 0.2) is 0 Å². The molecule has 0 atom stereocenters. The molecule has 0 bridgehead atoms. The van der Waals surface area contributed by atoms with E-state index in [1.54, 1.807) is 23.0 Å². The van der Waals surface area contributed by atoms with Gasteiger partial charge in [0.2, 0.25) is 0 Å². The molecule has 0 amide bonds. The van der Waals surface area contributed by atoms with E-state index in [2.05, 4.69) is 5.10 Å². The van der Waals surface area contributed by atoms with Crippen molar-refractivity contribution < 1.29 is 19.3 Å². The summed E-state index contributed by atoms with van der Waals surface area (Å²) in [4.78, 5) is 0. The summed E-state index contributed by atoms with van der Waals surface area (Å²) in [6.45, 7) is 0.143. The van der Waals surface area contributed by atoms with Crippen LogP contribution in [0, 0.1) is 5.82 Å². The van der Waals surface area contributed by atoms with Crippen LogP contribution in [0.3, 0.4) is 0 Å². The van der Waals surface area contributed by atoms with E-state index in [1.165, 1.54) is 18.2 Å². The molecule has 0 fully saturated rings. The second-order valence-corrected chi connectivity index (χ2v) is 4.82. The molecule has 3 aromatic rings. The van der Waals surface area contributed by atoms with Crippen LogP contribution in [0.2, 0.25) is 0 Å². The van der Waals surface area contributed by atoms with Crippen LogP contribution in [0.1, 0.15) is 5.56 Å². The quantitative estimate of drug-likeness (QED) is 0.759. The third-order valence-electron chi connectivity index (χ3n) is 3.35. The Bertz CT molecular complexity index is 801. The zero-order valence-electron chi connectivity index (χ0n) is 11.7. The molecule has 114 valence electrons. The molecule has 5 nitrogen and oxygen atoms in total. The first-order chi connectivity index (χ1) is 10.7. The van der Waals surface area contributed by atoms with Crippen molar-refractivity contribution in [2.24, 2.45) is 0 Å². The highest BCUT2D eigenvalue weighted by Gasteiger charge is 2.08. The van der Waals surface area contributed by atoms with Gasteiger partial charge in [0.25, 0.3) is 0 Å². The second kappa shape index (κ2) is 6.13. The summed E-state index contributed by atoms with van der Waals surface area (Å²) in [5, 5.41) is 23.3. The van der Waals surface area contributed by atoms with Gasteiger partial charge in [-0.2, -0.15) is 5.10 Å². The van der Waals surface area contributed by atoms with Gasteiger partial charge in [-0.25, -0.2) is 4.39 Å². The molecule has 0 saturated heterocycles. The van der Waals surface area contributed by atoms with Gasteiger partial charge in [-0.3, -0.25) is 4.68 Å².